The van der Waals surface area contributed by atoms with Crippen molar-refractivity contribution in [1.29, 1.82) is 0 Å². The first-order chi connectivity index (χ1) is 15.2. The molecule has 2 saturated heterocycles. The van der Waals surface area contributed by atoms with E-state index in [0.29, 0.717) is 6.54 Å². The zero-order valence-electron chi connectivity index (χ0n) is 17.9. The maximum atomic E-state index is 13.1. The highest BCUT2D eigenvalue weighted by molar-refractivity contribution is 7.18. The van der Waals surface area contributed by atoms with Crippen molar-refractivity contribution in [1.82, 2.24) is 14.8 Å². The van der Waals surface area contributed by atoms with Crippen molar-refractivity contribution in [3.8, 4) is 5.75 Å². The van der Waals surface area contributed by atoms with E-state index in [4.69, 9.17) is 9.72 Å². The molecule has 31 heavy (non-hydrogen) atoms. The molecule has 0 aliphatic carbocycles. The molecule has 5 rings (SSSR count). The normalized spacial score (nSPS) is 19.8. The van der Waals surface area contributed by atoms with E-state index in [1.807, 2.05) is 29.2 Å². The molecule has 1 amide bonds. The van der Waals surface area contributed by atoms with Gasteiger partial charge in [0, 0.05) is 26.2 Å². The first-order valence-corrected chi connectivity index (χ1v) is 11.8. The summed E-state index contributed by atoms with van der Waals surface area (Å²) in [6.07, 6.45) is 2.20. The molecule has 0 N–H and O–H groups in total. The molecular weight excluding hydrogens is 408 g/mol. The number of fused-ring (bicyclic) bond motifs is 1. The summed E-state index contributed by atoms with van der Waals surface area (Å²) in [5.74, 6) is 1.12. The lowest BCUT2D eigenvalue weighted by Gasteiger charge is -2.37. The molecule has 3 heterocycles. The average Bonchev–Trinajstić information content (AvgIpc) is 3.45. The molecular formula is C24H28N4O2S. The SMILES string of the molecule is COc1ccccc1N1CCN(C(=O)CN2CCC[C@@H]2c2nc3ccccc3s2)CC1. The number of carbonyl (C=O) groups is 1. The van der Waals surface area contributed by atoms with Gasteiger partial charge in [0.2, 0.25) is 5.91 Å². The van der Waals surface area contributed by atoms with Gasteiger partial charge in [-0.2, -0.15) is 0 Å². The van der Waals surface area contributed by atoms with Crippen molar-refractivity contribution in [2.24, 2.45) is 0 Å². The van der Waals surface area contributed by atoms with Crippen LogP contribution in [0.5, 0.6) is 5.75 Å². The zero-order chi connectivity index (χ0) is 21.2. The molecule has 162 valence electrons. The molecule has 0 bridgehead atoms. The molecule has 1 aromatic heterocycles. The van der Waals surface area contributed by atoms with Crippen LogP contribution in [0.1, 0.15) is 23.9 Å². The van der Waals surface area contributed by atoms with E-state index in [2.05, 4.69) is 34.1 Å². The monoisotopic (exact) mass is 436 g/mol. The molecule has 0 unspecified atom stereocenters. The molecule has 6 nitrogen and oxygen atoms in total. The summed E-state index contributed by atoms with van der Waals surface area (Å²) < 4.78 is 6.73. The first kappa shape index (κ1) is 20.3. The second-order valence-electron chi connectivity index (χ2n) is 8.19. The Labute approximate surface area is 187 Å². The second kappa shape index (κ2) is 8.85. The smallest absolute Gasteiger partial charge is 0.236 e. The van der Waals surface area contributed by atoms with E-state index >= 15 is 0 Å². The molecule has 0 spiro atoms. The minimum absolute atomic E-state index is 0.229. The molecule has 1 atom stereocenters. The first-order valence-electron chi connectivity index (χ1n) is 11.0. The van der Waals surface area contributed by atoms with Gasteiger partial charge in [-0.15, -0.1) is 11.3 Å². The van der Waals surface area contributed by atoms with Gasteiger partial charge in [-0.3, -0.25) is 9.69 Å². The Morgan fingerprint density at radius 3 is 2.65 bits per heavy atom. The summed E-state index contributed by atoms with van der Waals surface area (Å²) in [4.78, 5) is 24.6. The van der Waals surface area contributed by atoms with Gasteiger partial charge in [0.05, 0.1) is 35.6 Å². The molecule has 0 radical (unpaired) electrons. The van der Waals surface area contributed by atoms with Crippen molar-refractivity contribution >= 4 is 33.1 Å². The van der Waals surface area contributed by atoms with Crippen LogP contribution < -0.4 is 9.64 Å². The predicted octanol–water partition coefficient (Wildman–Crippen LogP) is 3.79. The number of ether oxygens (including phenoxy) is 1. The number of methoxy groups -OCH3 is 1. The molecule has 3 aromatic rings. The number of thiazole rings is 1. The van der Waals surface area contributed by atoms with Crippen molar-refractivity contribution in [2.45, 2.75) is 18.9 Å². The molecule has 2 aliphatic heterocycles. The lowest BCUT2D eigenvalue weighted by atomic mass is 10.2. The number of hydrogen-bond acceptors (Lipinski definition) is 6. The molecule has 2 aliphatic rings. The third-order valence-electron chi connectivity index (χ3n) is 6.36. The van der Waals surface area contributed by atoms with Crippen LogP contribution in [0.4, 0.5) is 5.69 Å². The van der Waals surface area contributed by atoms with Crippen molar-refractivity contribution in [3.63, 3.8) is 0 Å². The van der Waals surface area contributed by atoms with Gasteiger partial charge in [-0.25, -0.2) is 4.98 Å². The third kappa shape index (κ3) is 4.12. The Morgan fingerprint density at radius 1 is 1.06 bits per heavy atom. The Bertz CT molecular complexity index is 1030. The summed E-state index contributed by atoms with van der Waals surface area (Å²) >= 11 is 1.77. The summed E-state index contributed by atoms with van der Waals surface area (Å²) in [7, 11) is 1.70. The fraction of sp³-hybridized carbons (Fsp3) is 0.417. The Kier molecular flexibility index (Phi) is 5.78. The van der Waals surface area contributed by atoms with Crippen LogP contribution in [-0.4, -0.2) is 67.1 Å². The minimum atomic E-state index is 0.229. The maximum absolute atomic E-state index is 13.1. The van der Waals surface area contributed by atoms with Crippen LogP contribution in [0.15, 0.2) is 48.5 Å². The number of hydrogen-bond donors (Lipinski definition) is 0. The van der Waals surface area contributed by atoms with Crippen LogP contribution in [0.3, 0.4) is 0 Å². The number of anilines is 1. The second-order valence-corrected chi connectivity index (χ2v) is 9.25. The van der Waals surface area contributed by atoms with E-state index in [0.717, 1.165) is 67.5 Å². The lowest BCUT2D eigenvalue weighted by molar-refractivity contribution is -0.133. The number of benzene rings is 2. The number of piperazine rings is 1. The van der Waals surface area contributed by atoms with E-state index in [-0.39, 0.29) is 11.9 Å². The highest BCUT2D eigenvalue weighted by Crippen LogP contribution is 2.36. The van der Waals surface area contributed by atoms with Gasteiger partial charge < -0.3 is 14.5 Å². The molecule has 7 heteroatoms. The Morgan fingerprint density at radius 2 is 1.84 bits per heavy atom. The minimum Gasteiger partial charge on any atom is -0.495 e. The Balaban J connectivity index is 1.21. The van der Waals surface area contributed by atoms with Crippen LogP contribution in [-0.2, 0) is 4.79 Å². The van der Waals surface area contributed by atoms with Crippen molar-refractivity contribution in [2.75, 3.05) is 51.3 Å². The summed E-state index contributed by atoms with van der Waals surface area (Å²) in [6.45, 7) is 4.59. The number of rotatable bonds is 5. The van der Waals surface area contributed by atoms with Gasteiger partial charge in [0.15, 0.2) is 0 Å². The van der Waals surface area contributed by atoms with E-state index in [9.17, 15) is 4.79 Å². The lowest BCUT2D eigenvalue weighted by Crippen LogP contribution is -2.51. The summed E-state index contributed by atoms with van der Waals surface area (Å²) in [6, 6.07) is 16.6. The topological polar surface area (TPSA) is 48.9 Å². The van der Waals surface area contributed by atoms with Crippen LogP contribution in [0.2, 0.25) is 0 Å². The van der Waals surface area contributed by atoms with E-state index in [1.165, 1.54) is 4.70 Å². The fourth-order valence-electron chi connectivity index (χ4n) is 4.69. The summed E-state index contributed by atoms with van der Waals surface area (Å²) in [5, 5.41) is 1.15. The van der Waals surface area contributed by atoms with Crippen molar-refractivity contribution in [3.05, 3.63) is 53.5 Å². The van der Waals surface area contributed by atoms with Gasteiger partial charge in [-0.05, 0) is 43.7 Å². The molecule has 0 saturated carbocycles. The van der Waals surface area contributed by atoms with E-state index < -0.39 is 0 Å². The van der Waals surface area contributed by atoms with Gasteiger partial charge in [0.1, 0.15) is 10.8 Å². The predicted molar refractivity (Wildman–Crippen MR) is 125 cm³/mol. The number of carbonyl (C=O) groups excluding carboxylic acids is 1. The van der Waals surface area contributed by atoms with Crippen LogP contribution in [0, 0.1) is 0 Å². The summed E-state index contributed by atoms with van der Waals surface area (Å²) in [5.41, 5.74) is 2.17. The Hall–Kier alpha value is -2.64. The van der Waals surface area contributed by atoms with Crippen molar-refractivity contribution < 1.29 is 9.53 Å². The quantitative estimate of drug-likeness (QED) is 0.609. The van der Waals surface area contributed by atoms with Crippen LogP contribution >= 0.6 is 11.3 Å². The third-order valence-corrected chi connectivity index (χ3v) is 7.49. The number of nitrogens with zero attached hydrogens (tertiary/aromatic N) is 4. The van der Waals surface area contributed by atoms with E-state index in [1.54, 1.807) is 18.4 Å². The average molecular weight is 437 g/mol. The van der Waals surface area contributed by atoms with Gasteiger partial charge in [0.25, 0.3) is 0 Å². The fourth-order valence-corrected chi connectivity index (χ4v) is 5.83. The zero-order valence-corrected chi connectivity index (χ0v) is 18.7. The molecule has 2 fully saturated rings. The largest absolute Gasteiger partial charge is 0.495 e. The van der Waals surface area contributed by atoms with Gasteiger partial charge >= 0.3 is 0 Å². The number of aromatic nitrogens is 1. The highest BCUT2D eigenvalue weighted by Gasteiger charge is 2.32. The number of amides is 1. The maximum Gasteiger partial charge on any atom is 0.236 e. The standard InChI is InChI=1S/C24H28N4O2S/c1-30-21-10-4-3-8-19(21)26-13-15-27(16-14-26)23(29)17-28-12-6-9-20(28)24-25-18-7-2-5-11-22(18)31-24/h2-5,7-8,10-11,20H,6,9,12-17H2,1H3/t20-/m1/s1. The number of para-hydroxylation sites is 3. The molecule has 2 aromatic carbocycles. The highest BCUT2D eigenvalue weighted by atomic mass is 32.1. The van der Waals surface area contributed by atoms with Gasteiger partial charge in [-0.1, -0.05) is 24.3 Å². The van der Waals surface area contributed by atoms with Crippen LogP contribution in [0.25, 0.3) is 10.2 Å². The number of likely N-dealkylation sites (tertiary alicyclic amines) is 1.